The highest BCUT2D eigenvalue weighted by Crippen LogP contribution is 2.58. The van der Waals surface area contributed by atoms with Gasteiger partial charge in [-0.1, -0.05) is 19.1 Å². The van der Waals surface area contributed by atoms with Gasteiger partial charge in [-0.25, -0.2) is 0 Å². The molecule has 4 N–H and O–H groups in total. The number of ketones is 1. The smallest absolute Gasteiger partial charge is 0.159 e. The van der Waals surface area contributed by atoms with Crippen LogP contribution in [-0.4, -0.2) is 45.0 Å². The largest absolute Gasteiger partial charge is 0.496 e. The monoisotopic (exact) mass is 360 g/mol. The van der Waals surface area contributed by atoms with Gasteiger partial charge < -0.3 is 25.2 Å². The van der Waals surface area contributed by atoms with Crippen molar-refractivity contribution in [3.05, 3.63) is 40.5 Å². The lowest BCUT2D eigenvalue weighted by Gasteiger charge is -2.52. The molecule has 6 atom stereocenters. The first kappa shape index (κ1) is 17.7. The Balaban J connectivity index is 1.93. The minimum atomic E-state index is -1.68. The van der Waals surface area contributed by atoms with E-state index in [1.54, 1.807) is 18.2 Å². The Bertz CT molecular complexity index is 799. The number of rotatable bonds is 1. The summed E-state index contributed by atoms with van der Waals surface area (Å²) in [5.41, 5.74) is 0.0181. The first-order chi connectivity index (χ1) is 12.3. The number of fused-ring (bicyclic) bond motifs is 3. The first-order valence-corrected chi connectivity index (χ1v) is 9.00. The summed E-state index contributed by atoms with van der Waals surface area (Å²) in [7, 11) is 1.47. The summed E-state index contributed by atoms with van der Waals surface area (Å²) < 4.78 is 5.31. The van der Waals surface area contributed by atoms with Crippen LogP contribution in [-0.2, 0) is 4.79 Å². The van der Waals surface area contributed by atoms with Crippen molar-refractivity contribution in [2.75, 3.05) is 7.11 Å². The fourth-order valence-electron chi connectivity index (χ4n) is 5.05. The van der Waals surface area contributed by atoms with Crippen molar-refractivity contribution in [1.82, 2.24) is 0 Å². The van der Waals surface area contributed by atoms with E-state index in [1.807, 2.05) is 6.92 Å². The van der Waals surface area contributed by atoms with Crippen LogP contribution >= 0.6 is 0 Å². The molecule has 1 aromatic rings. The summed E-state index contributed by atoms with van der Waals surface area (Å²) in [6.07, 6.45) is -2.58. The van der Waals surface area contributed by atoms with Crippen LogP contribution in [0.2, 0.25) is 0 Å². The van der Waals surface area contributed by atoms with E-state index in [2.05, 4.69) is 0 Å². The number of hydrogen-bond donors (Lipinski definition) is 4. The van der Waals surface area contributed by atoms with Crippen LogP contribution in [0.4, 0.5) is 0 Å². The molecule has 0 radical (unpaired) electrons. The van der Waals surface area contributed by atoms with Gasteiger partial charge in [0.05, 0.1) is 19.3 Å². The van der Waals surface area contributed by atoms with E-state index in [0.29, 0.717) is 34.4 Å². The van der Waals surface area contributed by atoms with Crippen LogP contribution in [0, 0.1) is 11.8 Å². The number of carbonyl (C=O) groups excluding carboxylic acids is 1. The molecule has 0 aliphatic heterocycles. The molecular weight excluding hydrogens is 336 g/mol. The highest BCUT2D eigenvalue weighted by molar-refractivity contribution is 5.98. The van der Waals surface area contributed by atoms with Gasteiger partial charge in [-0.05, 0) is 36.0 Å². The van der Waals surface area contributed by atoms with E-state index in [9.17, 15) is 25.2 Å². The van der Waals surface area contributed by atoms with Crippen molar-refractivity contribution in [2.45, 2.75) is 50.1 Å². The topological polar surface area (TPSA) is 107 Å². The lowest BCUT2D eigenvalue weighted by molar-refractivity contribution is -0.161. The van der Waals surface area contributed by atoms with Crippen molar-refractivity contribution < 1.29 is 30.0 Å². The second kappa shape index (κ2) is 5.89. The average molecular weight is 360 g/mol. The fourth-order valence-corrected chi connectivity index (χ4v) is 5.05. The van der Waals surface area contributed by atoms with E-state index in [-0.39, 0.29) is 24.5 Å². The van der Waals surface area contributed by atoms with Gasteiger partial charge in [-0.3, -0.25) is 4.79 Å². The van der Waals surface area contributed by atoms with Gasteiger partial charge in [0.2, 0.25) is 0 Å². The third kappa shape index (κ3) is 2.16. The number of aliphatic hydroxyl groups excluding tert-OH is 3. The number of benzene rings is 1. The van der Waals surface area contributed by atoms with E-state index >= 15 is 0 Å². The highest BCUT2D eigenvalue weighted by Gasteiger charge is 2.59. The molecule has 140 valence electrons. The third-order valence-electron chi connectivity index (χ3n) is 6.40. The van der Waals surface area contributed by atoms with Crippen LogP contribution in [0.5, 0.6) is 5.75 Å². The number of aliphatic hydroxyl groups is 4. The summed E-state index contributed by atoms with van der Waals surface area (Å²) in [5.74, 6) is -0.927. The first-order valence-electron chi connectivity index (χ1n) is 9.00. The molecule has 26 heavy (non-hydrogen) atoms. The summed E-state index contributed by atoms with van der Waals surface area (Å²) in [4.78, 5) is 12.8. The SMILES string of the molecule is COc1cccc2c1[C@H](O)[C@@]1(O)CCC3=C(C(=O)C[C@H](C)[C@@H]3O)[C@@H]1[C@H]2O. The quantitative estimate of drug-likeness (QED) is 0.599. The van der Waals surface area contributed by atoms with Crippen molar-refractivity contribution in [3.63, 3.8) is 0 Å². The maximum absolute atomic E-state index is 12.8. The second-order valence-electron chi connectivity index (χ2n) is 7.77. The Labute approximate surface area is 151 Å². The summed E-state index contributed by atoms with van der Waals surface area (Å²) in [6, 6.07) is 5.05. The zero-order valence-electron chi connectivity index (χ0n) is 14.8. The number of hydrogen-bond acceptors (Lipinski definition) is 6. The van der Waals surface area contributed by atoms with Crippen LogP contribution in [0.1, 0.15) is 49.5 Å². The molecule has 0 amide bonds. The van der Waals surface area contributed by atoms with Gasteiger partial charge in [-0.2, -0.15) is 0 Å². The molecule has 0 saturated carbocycles. The average Bonchev–Trinajstić information content (AvgIpc) is 2.63. The van der Waals surface area contributed by atoms with E-state index in [4.69, 9.17) is 4.74 Å². The number of ether oxygens (including phenoxy) is 1. The molecule has 1 aromatic carbocycles. The molecule has 0 unspecified atom stereocenters. The van der Waals surface area contributed by atoms with Gasteiger partial charge in [0, 0.05) is 23.5 Å². The Morgan fingerprint density at radius 2 is 1.92 bits per heavy atom. The molecule has 3 aliphatic carbocycles. The van der Waals surface area contributed by atoms with Gasteiger partial charge in [-0.15, -0.1) is 0 Å². The Morgan fingerprint density at radius 3 is 2.62 bits per heavy atom. The minimum absolute atomic E-state index is 0.156. The van der Waals surface area contributed by atoms with E-state index in [1.165, 1.54) is 7.11 Å². The summed E-state index contributed by atoms with van der Waals surface area (Å²) in [6.45, 7) is 1.82. The van der Waals surface area contributed by atoms with Crippen LogP contribution in [0.15, 0.2) is 29.3 Å². The van der Waals surface area contributed by atoms with Crippen LogP contribution in [0.25, 0.3) is 0 Å². The van der Waals surface area contributed by atoms with Gasteiger partial charge in [0.25, 0.3) is 0 Å². The Kier molecular flexibility index (Phi) is 4.00. The van der Waals surface area contributed by atoms with Crippen molar-refractivity contribution in [1.29, 1.82) is 0 Å². The van der Waals surface area contributed by atoms with Crippen molar-refractivity contribution in [3.8, 4) is 5.75 Å². The molecule has 4 rings (SSSR count). The predicted molar refractivity (Wildman–Crippen MR) is 92.4 cm³/mol. The maximum atomic E-state index is 12.8. The normalized spacial score (nSPS) is 39.2. The molecule has 0 aromatic heterocycles. The number of Topliss-reactive ketones (excluding diaryl/α,β-unsaturated/α-hetero) is 1. The molecule has 3 aliphatic rings. The second-order valence-corrected chi connectivity index (χ2v) is 7.77. The number of carbonyl (C=O) groups is 1. The molecule has 6 nitrogen and oxygen atoms in total. The van der Waals surface area contributed by atoms with Crippen LogP contribution in [0.3, 0.4) is 0 Å². The molecule has 6 heteroatoms. The minimum Gasteiger partial charge on any atom is -0.496 e. The van der Waals surface area contributed by atoms with E-state index in [0.717, 1.165) is 0 Å². The molecule has 0 saturated heterocycles. The Hall–Kier alpha value is -1.73. The van der Waals surface area contributed by atoms with Crippen molar-refractivity contribution >= 4 is 5.78 Å². The fraction of sp³-hybridized carbons (Fsp3) is 0.550. The zero-order valence-corrected chi connectivity index (χ0v) is 14.8. The highest BCUT2D eigenvalue weighted by atomic mass is 16.5. The van der Waals surface area contributed by atoms with Gasteiger partial charge in [0.15, 0.2) is 5.78 Å². The molecule has 0 spiro atoms. The zero-order chi connectivity index (χ0) is 18.8. The summed E-state index contributed by atoms with van der Waals surface area (Å²) >= 11 is 0. The summed E-state index contributed by atoms with van der Waals surface area (Å²) in [5, 5.41) is 44.0. The number of methoxy groups -OCH3 is 1. The standard InChI is InChI=1S/C20H24O6/c1-9-8-12(21)14-11(17(9)22)6-7-20(25)16(14)18(23)10-4-3-5-13(26-2)15(10)19(20)24/h3-5,9,16-19,22-25H,6-8H2,1-2H3/t9-,16+,17-,18-,19-,20+/m0/s1. The Morgan fingerprint density at radius 1 is 1.19 bits per heavy atom. The maximum Gasteiger partial charge on any atom is 0.159 e. The molecule has 0 bridgehead atoms. The molecular formula is C20H24O6. The molecule has 0 fully saturated rings. The van der Waals surface area contributed by atoms with Gasteiger partial charge >= 0.3 is 0 Å². The predicted octanol–water partition coefficient (Wildman–Crippen LogP) is 1.18. The lowest BCUT2D eigenvalue weighted by atomic mass is 9.57. The molecule has 0 heterocycles. The van der Waals surface area contributed by atoms with Gasteiger partial charge in [0.1, 0.15) is 17.5 Å². The van der Waals surface area contributed by atoms with Crippen molar-refractivity contribution in [2.24, 2.45) is 11.8 Å². The lowest BCUT2D eigenvalue weighted by Crippen LogP contribution is -2.55. The van der Waals surface area contributed by atoms with Crippen LogP contribution < -0.4 is 4.74 Å². The third-order valence-corrected chi connectivity index (χ3v) is 6.40. The van der Waals surface area contributed by atoms with E-state index < -0.39 is 29.8 Å².